The van der Waals surface area contributed by atoms with Gasteiger partial charge in [0.15, 0.2) is 0 Å². The number of rotatable bonds is 6. The minimum atomic E-state index is 0.831. The molecule has 0 atom stereocenters. The molecule has 1 aromatic rings. The van der Waals surface area contributed by atoms with Gasteiger partial charge in [-0.2, -0.15) is 0 Å². The maximum absolute atomic E-state index is 5.36. The summed E-state index contributed by atoms with van der Waals surface area (Å²) in [5.41, 5.74) is 1.18. The van der Waals surface area contributed by atoms with Crippen LogP contribution in [0.2, 0.25) is 0 Å². The Morgan fingerprint density at radius 2 is 1.88 bits per heavy atom. The van der Waals surface area contributed by atoms with E-state index in [0.29, 0.717) is 0 Å². The quantitative estimate of drug-likeness (QED) is 0.423. The molecule has 0 amide bonds. The molecule has 0 saturated carbocycles. The molecule has 0 unspecified atom stereocenters. The summed E-state index contributed by atoms with van der Waals surface area (Å²) in [6.07, 6.45) is 7.41. The number of benzene rings is 1. The van der Waals surface area contributed by atoms with Gasteiger partial charge in [-0.3, -0.25) is 0 Å². The van der Waals surface area contributed by atoms with Crippen LogP contribution in [-0.2, 0) is 9.47 Å². The third-order valence-corrected chi connectivity index (χ3v) is 2.23. The number of hydrogen-bond acceptors (Lipinski definition) is 2. The molecular formula is C15H22O2. The average molecular weight is 234 g/mol. The zero-order chi connectivity index (χ0) is 12.2. The Hall–Kier alpha value is -1.28. The van der Waals surface area contributed by atoms with Crippen LogP contribution in [0.5, 0.6) is 0 Å². The first-order valence-electron chi connectivity index (χ1n) is 6.34. The maximum Gasteiger partial charge on any atom is 0.0873 e. The molecule has 2 rings (SSSR count). The summed E-state index contributed by atoms with van der Waals surface area (Å²) in [6.45, 7) is 5.02. The van der Waals surface area contributed by atoms with E-state index < -0.39 is 0 Å². The molecule has 1 saturated heterocycles. The van der Waals surface area contributed by atoms with E-state index in [1.54, 1.807) is 6.26 Å². The van der Waals surface area contributed by atoms with Crippen molar-refractivity contribution in [2.75, 3.05) is 19.8 Å². The van der Waals surface area contributed by atoms with Crippen LogP contribution < -0.4 is 0 Å². The van der Waals surface area contributed by atoms with Crippen LogP contribution in [0.25, 0.3) is 6.08 Å². The fourth-order valence-electron chi connectivity index (χ4n) is 1.19. The van der Waals surface area contributed by atoms with Gasteiger partial charge in [-0.1, -0.05) is 50.1 Å². The van der Waals surface area contributed by atoms with Gasteiger partial charge in [0, 0.05) is 0 Å². The first kappa shape index (κ1) is 13.8. The average Bonchev–Trinajstić information content (AvgIpc) is 3.23. The van der Waals surface area contributed by atoms with Crippen LogP contribution in [0.3, 0.4) is 0 Å². The molecule has 1 aromatic carbocycles. The summed E-state index contributed by atoms with van der Waals surface area (Å²) in [5, 5.41) is 0. The highest BCUT2D eigenvalue weighted by molar-refractivity contribution is 5.47. The van der Waals surface area contributed by atoms with Crippen molar-refractivity contribution in [2.24, 2.45) is 0 Å². The molecule has 1 fully saturated rings. The summed E-state index contributed by atoms with van der Waals surface area (Å²) in [7, 11) is 0. The molecule has 0 spiro atoms. The van der Waals surface area contributed by atoms with Gasteiger partial charge in [0.1, 0.15) is 0 Å². The second kappa shape index (κ2) is 9.91. The van der Waals surface area contributed by atoms with Crippen molar-refractivity contribution in [1.82, 2.24) is 0 Å². The fourth-order valence-corrected chi connectivity index (χ4v) is 1.19. The van der Waals surface area contributed by atoms with E-state index in [1.807, 2.05) is 24.3 Å². The zero-order valence-electron chi connectivity index (χ0n) is 10.6. The standard InChI is InChI=1S/C13H18O.C2H4O/c1-2-3-7-11-14-12-10-13-8-5-4-6-9-13;1-2-3-1/h4-6,8-10,12H,2-3,7,11H2,1H3;1-2H2. The highest BCUT2D eigenvalue weighted by Crippen LogP contribution is 2.01. The summed E-state index contributed by atoms with van der Waals surface area (Å²) in [4.78, 5) is 0. The van der Waals surface area contributed by atoms with Crippen molar-refractivity contribution in [2.45, 2.75) is 26.2 Å². The van der Waals surface area contributed by atoms with E-state index in [1.165, 1.54) is 18.4 Å². The Morgan fingerprint density at radius 3 is 2.47 bits per heavy atom. The van der Waals surface area contributed by atoms with E-state index in [9.17, 15) is 0 Å². The summed E-state index contributed by atoms with van der Waals surface area (Å²) in [5.74, 6) is 0. The molecule has 0 radical (unpaired) electrons. The Kier molecular flexibility index (Phi) is 8.04. The molecular weight excluding hydrogens is 212 g/mol. The molecule has 0 aromatic heterocycles. The Morgan fingerprint density at radius 1 is 1.18 bits per heavy atom. The molecule has 0 aliphatic carbocycles. The van der Waals surface area contributed by atoms with Gasteiger partial charge in [-0.25, -0.2) is 0 Å². The molecule has 2 nitrogen and oxygen atoms in total. The fraction of sp³-hybridized carbons (Fsp3) is 0.467. The van der Waals surface area contributed by atoms with Crippen molar-refractivity contribution in [3.8, 4) is 0 Å². The SMILES string of the molecule is C1CO1.CCCCCOC=Cc1ccccc1. The first-order valence-corrected chi connectivity index (χ1v) is 6.34. The minimum absolute atomic E-state index is 0.831. The third kappa shape index (κ3) is 9.64. The lowest BCUT2D eigenvalue weighted by molar-refractivity contribution is 0.244. The lowest BCUT2D eigenvalue weighted by atomic mass is 10.2. The van der Waals surface area contributed by atoms with Crippen LogP contribution in [-0.4, -0.2) is 19.8 Å². The van der Waals surface area contributed by atoms with E-state index in [4.69, 9.17) is 4.74 Å². The molecule has 1 aliphatic heterocycles. The topological polar surface area (TPSA) is 21.8 Å². The summed E-state index contributed by atoms with van der Waals surface area (Å²) < 4.78 is 9.86. The largest absolute Gasteiger partial charge is 0.501 e. The second-order valence-corrected chi connectivity index (χ2v) is 3.90. The van der Waals surface area contributed by atoms with Crippen molar-refractivity contribution in [1.29, 1.82) is 0 Å². The molecule has 17 heavy (non-hydrogen) atoms. The predicted molar refractivity (Wildman–Crippen MR) is 71.8 cm³/mol. The maximum atomic E-state index is 5.36. The predicted octanol–water partition coefficient (Wildman–Crippen LogP) is 3.88. The summed E-state index contributed by atoms with van der Waals surface area (Å²) in [6, 6.07) is 10.2. The van der Waals surface area contributed by atoms with E-state index in [2.05, 4.69) is 23.8 Å². The Balaban J connectivity index is 0.000000415. The van der Waals surface area contributed by atoms with Crippen LogP contribution in [0.1, 0.15) is 31.7 Å². The van der Waals surface area contributed by atoms with Gasteiger partial charge in [0.25, 0.3) is 0 Å². The zero-order valence-corrected chi connectivity index (χ0v) is 10.6. The third-order valence-electron chi connectivity index (χ3n) is 2.23. The van der Waals surface area contributed by atoms with E-state index in [-0.39, 0.29) is 0 Å². The highest BCUT2D eigenvalue weighted by Gasteiger charge is 1.94. The van der Waals surface area contributed by atoms with E-state index >= 15 is 0 Å². The van der Waals surface area contributed by atoms with Crippen molar-refractivity contribution >= 4 is 6.08 Å². The van der Waals surface area contributed by atoms with Gasteiger partial charge >= 0.3 is 0 Å². The Bertz CT molecular complexity index is 288. The molecule has 0 N–H and O–H groups in total. The van der Waals surface area contributed by atoms with Gasteiger partial charge in [0.05, 0.1) is 26.1 Å². The van der Waals surface area contributed by atoms with Gasteiger partial charge in [-0.15, -0.1) is 0 Å². The molecule has 94 valence electrons. The Labute approximate surface area is 104 Å². The van der Waals surface area contributed by atoms with Crippen molar-refractivity contribution in [3.63, 3.8) is 0 Å². The molecule has 1 heterocycles. The summed E-state index contributed by atoms with van der Waals surface area (Å²) >= 11 is 0. The van der Waals surface area contributed by atoms with Gasteiger partial charge < -0.3 is 9.47 Å². The molecule has 1 aliphatic rings. The number of ether oxygens (including phenoxy) is 2. The van der Waals surface area contributed by atoms with Crippen molar-refractivity contribution in [3.05, 3.63) is 42.2 Å². The lowest BCUT2D eigenvalue weighted by Crippen LogP contribution is -1.86. The monoisotopic (exact) mass is 234 g/mol. The molecule has 0 bridgehead atoms. The second-order valence-electron chi connectivity index (χ2n) is 3.90. The van der Waals surface area contributed by atoms with E-state index in [0.717, 1.165) is 26.2 Å². The normalized spacial score (nSPS) is 13.0. The smallest absolute Gasteiger partial charge is 0.0873 e. The van der Waals surface area contributed by atoms with Crippen LogP contribution in [0.4, 0.5) is 0 Å². The number of epoxide rings is 1. The van der Waals surface area contributed by atoms with Crippen LogP contribution in [0.15, 0.2) is 36.6 Å². The van der Waals surface area contributed by atoms with Crippen LogP contribution >= 0.6 is 0 Å². The lowest BCUT2D eigenvalue weighted by Gasteiger charge is -1.98. The highest BCUT2D eigenvalue weighted by atomic mass is 16.6. The van der Waals surface area contributed by atoms with Gasteiger partial charge in [-0.05, 0) is 18.1 Å². The molecule has 2 heteroatoms. The number of hydrogen-bond donors (Lipinski definition) is 0. The van der Waals surface area contributed by atoms with Crippen molar-refractivity contribution < 1.29 is 9.47 Å². The van der Waals surface area contributed by atoms with Gasteiger partial charge in [0.2, 0.25) is 0 Å². The first-order chi connectivity index (χ1) is 8.43. The van der Waals surface area contributed by atoms with Crippen LogP contribution in [0, 0.1) is 0 Å². The number of unbranched alkanes of at least 4 members (excludes halogenated alkanes) is 2. The minimum Gasteiger partial charge on any atom is -0.501 e.